The number of allylic oxidation sites excluding steroid dienone is 1. The van der Waals surface area contributed by atoms with E-state index < -0.39 is 0 Å². The third-order valence-corrected chi connectivity index (χ3v) is 11.2. The van der Waals surface area contributed by atoms with Crippen molar-refractivity contribution in [3.05, 3.63) is 253 Å². The van der Waals surface area contributed by atoms with E-state index in [2.05, 4.69) is 182 Å². The van der Waals surface area contributed by atoms with Crippen LogP contribution in [0.15, 0.2) is 237 Å². The SMILES string of the molecule is N=C(/C=C(/c1ccccc1)c1cccc2ccc(-c3cccc(-c4nc(-c5cccc(-c6ccccc6)c5)nc(-c5cccc(-c6ccccc6)c5)n4)c3)cc12)c1ccccc1. The minimum atomic E-state index is 0.458. The molecule has 0 spiro atoms. The van der Waals surface area contributed by atoms with E-state index in [1.807, 2.05) is 54.6 Å². The minimum Gasteiger partial charge on any atom is -0.300 e. The molecule has 10 aromatic rings. The first-order valence-corrected chi connectivity index (χ1v) is 20.8. The van der Waals surface area contributed by atoms with Crippen LogP contribution in [0.4, 0.5) is 0 Å². The molecule has 0 unspecified atom stereocenters. The van der Waals surface area contributed by atoms with Gasteiger partial charge >= 0.3 is 0 Å². The molecule has 292 valence electrons. The molecular formula is C58H40N4. The molecule has 0 amide bonds. The summed E-state index contributed by atoms with van der Waals surface area (Å²) < 4.78 is 0. The van der Waals surface area contributed by atoms with Crippen molar-refractivity contribution in [2.75, 3.05) is 0 Å². The summed E-state index contributed by atoms with van der Waals surface area (Å²) in [6, 6.07) is 79.3. The monoisotopic (exact) mass is 792 g/mol. The molecule has 4 heteroatoms. The summed E-state index contributed by atoms with van der Waals surface area (Å²) in [4.78, 5) is 15.5. The highest BCUT2D eigenvalue weighted by Gasteiger charge is 2.16. The van der Waals surface area contributed by atoms with Gasteiger partial charge in [0.05, 0.1) is 5.71 Å². The smallest absolute Gasteiger partial charge is 0.164 e. The van der Waals surface area contributed by atoms with Crippen molar-refractivity contribution in [3.63, 3.8) is 0 Å². The average molecular weight is 793 g/mol. The number of aromatic nitrogens is 3. The molecule has 0 atom stereocenters. The van der Waals surface area contributed by atoms with E-state index in [1.165, 1.54) is 0 Å². The van der Waals surface area contributed by atoms with E-state index in [-0.39, 0.29) is 0 Å². The fraction of sp³-hybridized carbons (Fsp3) is 0. The Balaban J connectivity index is 1.09. The lowest BCUT2D eigenvalue weighted by atomic mass is 9.90. The van der Waals surface area contributed by atoms with E-state index in [4.69, 9.17) is 20.4 Å². The highest BCUT2D eigenvalue weighted by Crippen LogP contribution is 2.36. The van der Waals surface area contributed by atoms with Crippen LogP contribution < -0.4 is 0 Å². The Morgan fingerprint density at radius 1 is 0.323 bits per heavy atom. The number of rotatable bonds is 10. The Kier molecular flexibility index (Phi) is 10.5. The second-order valence-electron chi connectivity index (χ2n) is 15.2. The molecule has 0 bridgehead atoms. The summed E-state index contributed by atoms with van der Waals surface area (Å²) in [6.45, 7) is 0. The summed E-state index contributed by atoms with van der Waals surface area (Å²) in [5.41, 5.74) is 13.7. The van der Waals surface area contributed by atoms with Crippen molar-refractivity contribution in [1.82, 2.24) is 15.0 Å². The van der Waals surface area contributed by atoms with Gasteiger partial charge in [-0.25, -0.2) is 15.0 Å². The highest BCUT2D eigenvalue weighted by atomic mass is 15.0. The van der Waals surface area contributed by atoms with Gasteiger partial charge in [0.25, 0.3) is 0 Å². The van der Waals surface area contributed by atoms with Gasteiger partial charge < -0.3 is 5.41 Å². The van der Waals surface area contributed by atoms with Gasteiger partial charge in [-0.05, 0) is 96.8 Å². The van der Waals surface area contributed by atoms with Crippen molar-refractivity contribution in [1.29, 1.82) is 5.41 Å². The van der Waals surface area contributed by atoms with Crippen molar-refractivity contribution in [3.8, 4) is 67.5 Å². The molecular weight excluding hydrogens is 753 g/mol. The molecule has 1 heterocycles. The predicted octanol–water partition coefficient (Wildman–Crippen LogP) is 14.5. The van der Waals surface area contributed by atoms with Crippen LogP contribution in [0, 0.1) is 5.41 Å². The maximum absolute atomic E-state index is 9.10. The van der Waals surface area contributed by atoms with Gasteiger partial charge in [-0.1, -0.05) is 206 Å². The number of hydrogen-bond acceptors (Lipinski definition) is 4. The fourth-order valence-electron chi connectivity index (χ4n) is 8.00. The summed E-state index contributed by atoms with van der Waals surface area (Å²) >= 11 is 0. The van der Waals surface area contributed by atoms with Crippen LogP contribution in [0.25, 0.3) is 83.9 Å². The molecule has 0 aliphatic heterocycles. The third kappa shape index (κ3) is 8.01. The second kappa shape index (κ2) is 17.1. The normalized spacial score (nSPS) is 11.4. The van der Waals surface area contributed by atoms with E-state index >= 15 is 0 Å². The van der Waals surface area contributed by atoms with E-state index in [1.54, 1.807) is 0 Å². The summed E-state index contributed by atoms with van der Waals surface area (Å²) in [7, 11) is 0. The van der Waals surface area contributed by atoms with E-state index in [9.17, 15) is 0 Å². The van der Waals surface area contributed by atoms with Crippen molar-refractivity contribution in [2.24, 2.45) is 0 Å². The molecule has 1 N–H and O–H groups in total. The van der Waals surface area contributed by atoms with Gasteiger partial charge in [-0.15, -0.1) is 0 Å². The molecule has 0 aliphatic rings. The Labute approximate surface area is 361 Å². The molecule has 4 nitrogen and oxygen atoms in total. The average Bonchev–Trinajstić information content (AvgIpc) is 3.36. The molecule has 9 aromatic carbocycles. The lowest BCUT2D eigenvalue weighted by Gasteiger charge is -2.14. The zero-order valence-electron chi connectivity index (χ0n) is 33.9. The first-order chi connectivity index (χ1) is 30.6. The Hall–Kier alpha value is -8.34. The number of nitrogens with one attached hydrogen (secondary N) is 1. The van der Waals surface area contributed by atoms with Crippen molar-refractivity contribution < 1.29 is 0 Å². The van der Waals surface area contributed by atoms with Crippen molar-refractivity contribution >= 4 is 22.1 Å². The van der Waals surface area contributed by atoms with Crippen LogP contribution in [0.2, 0.25) is 0 Å². The van der Waals surface area contributed by atoms with Crippen LogP contribution in [0.1, 0.15) is 16.7 Å². The topological polar surface area (TPSA) is 62.5 Å². The first-order valence-electron chi connectivity index (χ1n) is 20.8. The zero-order valence-corrected chi connectivity index (χ0v) is 33.9. The number of nitrogens with zero attached hydrogens (tertiary/aromatic N) is 3. The van der Waals surface area contributed by atoms with Gasteiger partial charge in [-0.3, -0.25) is 0 Å². The van der Waals surface area contributed by atoms with Crippen LogP contribution in [-0.4, -0.2) is 20.7 Å². The summed E-state index contributed by atoms with van der Waals surface area (Å²) in [5.74, 6) is 1.81. The molecule has 62 heavy (non-hydrogen) atoms. The van der Waals surface area contributed by atoms with Crippen LogP contribution in [0.5, 0.6) is 0 Å². The maximum atomic E-state index is 9.10. The number of hydrogen-bond donors (Lipinski definition) is 1. The predicted molar refractivity (Wildman–Crippen MR) is 257 cm³/mol. The maximum Gasteiger partial charge on any atom is 0.164 e. The molecule has 0 saturated heterocycles. The second-order valence-corrected chi connectivity index (χ2v) is 15.2. The molecule has 10 rings (SSSR count). The molecule has 0 aliphatic carbocycles. The molecule has 0 radical (unpaired) electrons. The van der Waals surface area contributed by atoms with Gasteiger partial charge in [0.1, 0.15) is 0 Å². The van der Waals surface area contributed by atoms with Crippen LogP contribution >= 0.6 is 0 Å². The largest absolute Gasteiger partial charge is 0.300 e. The molecule has 0 fully saturated rings. The van der Waals surface area contributed by atoms with Crippen LogP contribution in [0.3, 0.4) is 0 Å². The first kappa shape index (κ1) is 37.9. The lowest BCUT2D eigenvalue weighted by Crippen LogP contribution is -2.00. The number of benzene rings is 9. The van der Waals surface area contributed by atoms with E-state index in [0.717, 1.165) is 83.1 Å². The quantitative estimate of drug-likeness (QED) is 0.140. The Morgan fingerprint density at radius 3 is 1.21 bits per heavy atom. The van der Waals surface area contributed by atoms with Crippen molar-refractivity contribution in [2.45, 2.75) is 0 Å². The molecule has 1 aromatic heterocycles. The zero-order chi connectivity index (χ0) is 41.7. The van der Waals surface area contributed by atoms with Gasteiger partial charge in [0, 0.05) is 16.7 Å². The molecule has 0 saturated carbocycles. The Morgan fingerprint density at radius 2 is 0.710 bits per heavy atom. The van der Waals surface area contributed by atoms with Crippen LogP contribution in [-0.2, 0) is 0 Å². The van der Waals surface area contributed by atoms with E-state index in [0.29, 0.717) is 23.2 Å². The van der Waals surface area contributed by atoms with Gasteiger partial charge in [-0.2, -0.15) is 0 Å². The highest BCUT2D eigenvalue weighted by molar-refractivity contribution is 6.14. The fourth-order valence-corrected chi connectivity index (χ4v) is 8.00. The third-order valence-electron chi connectivity index (χ3n) is 11.2. The van der Waals surface area contributed by atoms with Gasteiger partial charge in [0.15, 0.2) is 17.5 Å². The lowest BCUT2D eigenvalue weighted by molar-refractivity contribution is 1.07. The Bertz CT molecular complexity index is 3130. The summed E-state index contributed by atoms with van der Waals surface area (Å²) in [6.07, 6.45) is 1.99. The number of fused-ring (bicyclic) bond motifs is 1. The minimum absolute atomic E-state index is 0.458. The standard InChI is InChI=1S/C58H40N4/c59-55(44-23-11-4-12-24-44)39-54(42-21-9-3-10-22-42)52-32-16-25-43-33-34-48(38-53(43)52)47-28-15-31-51(37-47)58-61-56(49-29-13-26-45(35-49)40-17-5-1-6-18-40)60-57(62-58)50-30-14-27-46(36-50)41-19-7-2-8-20-41/h1-39,59H/b54-39-,59-55?. The summed E-state index contributed by atoms with van der Waals surface area (Å²) in [5, 5.41) is 11.3. The van der Waals surface area contributed by atoms with Gasteiger partial charge in [0.2, 0.25) is 0 Å².